The highest BCUT2D eigenvalue weighted by Gasteiger charge is 2.31. The van der Waals surface area contributed by atoms with Crippen molar-refractivity contribution < 1.29 is 19.0 Å². The van der Waals surface area contributed by atoms with Gasteiger partial charge in [0.1, 0.15) is 5.75 Å². The molecule has 0 radical (unpaired) electrons. The second-order valence-corrected chi connectivity index (χ2v) is 5.56. The Hall–Kier alpha value is -1.79. The van der Waals surface area contributed by atoms with E-state index in [-0.39, 0.29) is 12.3 Å². The normalized spacial score (nSPS) is 20.1. The molecule has 2 heterocycles. The number of carbonyl (C=O) groups excluding carboxylic acids is 1. The van der Waals surface area contributed by atoms with Crippen LogP contribution in [0.1, 0.15) is 12.8 Å². The molecule has 6 heteroatoms. The number of piperidine rings is 1. The maximum Gasteiger partial charge on any atom is 0.321 e. The van der Waals surface area contributed by atoms with Gasteiger partial charge in [0, 0.05) is 19.0 Å². The van der Waals surface area contributed by atoms with Crippen molar-refractivity contribution in [3.63, 3.8) is 0 Å². The molecular weight excluding hydrogens is 284 g/mol. The SMILES string of the molecule is COc1ccccc1NC(=O)N1CCC(C2OCCO2)CC1. The number of likely N-dealkylation sites (tertiary alicyclic amines) is 1. The van der Waals surface area contributed by atoms with Crippen molar-refractivity contribution in [2.75, 3.05) is 38.7 Å². The molecule has 0 atom stereocenters. The van der Waals surface area contributed by atoms with Crippen molar-refractivity contribution in [1.82, 2.24) is 4.90 Å². The zero-order chi connectivity index (χ0) is 15.4. The number of amides is 2. The molecule has 0 spiro atoms. The van der Waals surface area contributed by atoms with E-state index in [1.807, 2.05) is 29.2 Å². The zero-order valence-corrected chi connectivity index (χ0v) is 12.8. The molecule has 2 fully saturated rings. The van der Waals surface area contributed by atoms with E-state index in [9.17, 15) is 4.79 Å². The number of nitrogens with zero attached hydrogens (tertiary/aromatic N) is 1. The third-order valence-corrected chi connectivity index (χ3v) is 4.21. The van der Waals surface area contributed by atoms with E-state index >= 15 is 0 Å². The Morgan fingerprint density at radius 1 is 1.23 bits per heavy atom. The Kier molecular flexibility index (Phi) is 4.80. The van der Waals surface area contributed by atoms with Gasteiger partial charge in [-0.25, -0.2) is 4.79 Å². The van der Waals surface area contributed by atoms with Gasteiger partial charge >= 0.3 is 6.03 Å². The van der Waals surface area contributed by atoms with Gasteiger partial charge in [-0.1, -0.05) is 12.1 Å². The quantitative estimate of drug-likeness (QED) is 0.931. The molecule has 1 aromatic rings. The highest BCUT2D eigenvalue weighted by Crippen LogP contribution is 2.27. The maximum absolute atomic E-state index is 12.4. The van der Waals surface area contributed by atoms with E-state index in [4.69, 9.17) is 14.2 Å². The molecule has 120 valence electrons. The number of benzene rings is 1. The van der Waals surface area contributed by atoms with Crippen molar-refractivity contribution in [3.05, 3.63) is 24.3 Å². The molecule has 1 N–H and O–H groups in total. The third-order valence-electron chi connectivity index (χ3n) is 4.21. The summed E-state index contributed by atoms with van der Waals surface area (Å²) in [6.45, 7) is 2.79. The van der Waals surface area contributed by atoms with Gasteiger partial charge < -0.3 is 24.4 Å². The molecule has 0 saturated carbocycles. The average molecular weight is 306 g/mol. The Balaban J connectivity index is 1.53. The lowest BCUT2D eigenvalue weighted by molar-refractivity contribution is -0.0950. The number of ether oxygens (including phenoxy) is 3. The molecule has 0 bridgehead atoms. The number of para-hydroxylation sites is 2. The minimum atomic E-state index is -0.0868. The fraction of sp³-hybridized carbons (Fsp3) is 0.562. The smallest absolute Gasteiger partial charge is 0.321 e. The standard InChI is InChI=1S/C16H22N2O4/c1-20-14-5-3-2-4-13(14)17-16(19)18-8-6-12(7-9-18)15-21-10-11-22-15/h2-5,12,15H,6-11H2,1H3,(H,17,19). The highest BCUT2D eigenvalue weighted by molar-refractivity contribution is 5.91. The lowest BCUT2D eigenvalue weighted by atomic mass is 9.96. The van der Waals surface area contributed by atoms with Gasteiger partial charge in [-0.15, -0.1) is 0 Å². The number of nitrogens with one attached hydrogen (secondary N) is 1. The molecule has 22 heavy (non-hydrogen) atoms. The van der Waals surface area contributed by atoms with Gasteiger partial charge in [0.25, 0.3) is 0 Å². The Labute approximate surface area is 130 Å². The van der Waals surface area contributed by atoms with Crippen molar-refractivity contribution in [3.8, 4) is 5.75 Å². The summed E-state index contributed by atoms with van der Waals surface area (Å²) in [5.41, 5.74) is 0.694. The van der Waals surface area contributed by atoms with Crippen LogP contribution in [0.2, 0.25) is 0 Å². The summed E-state index contributed by atoms with van der Waals surface area (Å²) >= 11 is 0. The lowest BCUT2D eigenvalue weighted by Gasteiger charge is -2.33. The van der Waals surface area contributed by atoms with Crippen LogP contribution in [-0.2, 0) is 9.47 Å². The van der Waals surface area contributed by atoms with Crippen molar-refractivity contribution in [2.45, 2.75) is 19.1 Å². The predicted octanol–water partition coefficient (Wildman–Crippen LogP) is 2.31. The number of hydrogen-bond acceptors (Lipinski definition) is 4. The predicted molar refractivity (Wildman–Crippen MR) is 82.0 cm³/mol. The van der Waals surface area contributed by atoms with Crippen molar-refractivity contribution >= 4 is 11.7 Å². The van der Waals surface area contributed by atoms with Crippen LogP contribution < -0.4 is 10.1 Å². The van der Waals surface area contributed by atoms with E-state index < -0.39 is 0 Å². The first-order chi connectivity index (χ1) is 10.8. The molecule has 3 rings (SSSR count). The highest BCUT2D eigenvalue weighted by atomic mass is 16.7. The van der Waals surface area contributed by atoms with Crippen LogP contribution >= 0.6 is 0 Å². The van der Waals surface area contributed by atoms with Gasteiger partial charge in [0.15, 0.2) is 6.29 Å². The number of carbonyl (C=O) groups is 1. The second-order valence-electron chi connectivity index (χ2n) is 5.56. The molecule has 2 aliphatic heterocycles. The second kappa shape index (κ2) is 6.98. The molecule has 2 aliphatic rings. The summed E-state index contributed by atoms with van der Waals surface area (Å²) in [7, 11) is 1.60. The molecule has 1 aromatic carbocycles. The summed E-state index contributed by atoms with van der Waals surface area (Å²) in [6, 6.07) is 7.33. The molecule has 2 amide bonds. The first kappa shape index (κ1) is 15.1. The topological polar surface area (TPSA) is 60.0 Å². The van der Waals surface area contributed by atoms with Crippen LogP contribution in [0.5, 0.6) is 5.75 Å². The fourth-order valence-electron chi connectivity index (χ4n) is 2.97. The minimum Gasteiger partial charge on any atom is -0.495 e. The summed E-state index contributed by atoms with van der Waals surface area (Å²) in [5.74, 6) is 1.05. The van der Waals surface area contributed by atoms with Crippen LogP contribution in [-0.4, -0.2) is 50.6 Å². The summed E-state index contributed by atoms with van der Waals surface area (Å²) in [4.78, 5) is 14.2. The zero-order valence-electron chi connectivity index (χ0n) is 12.8. The lowest BCUT2D eigenvalue weighted by Crippen LogP contribution is -2.43. The fourth-order valence-corrected chi connectivity index (χ4v) is 2.97. The Morgan fingerprint density at radius 3 is 2.59 bits per heavy atom. The van der Waals surface area contributed by atoms with Gasteiger partial charge in [-0.2, -0.15) is 0 Å². The number of methoxy groups -OCH3 is 1. The van der Waals surface area contributed by atoms with Crippen molar-refractivity contribution in [2.24, 2.45) is 5.92 Å². The Morgan fingerprint density at radius 2 is 1.91 bits per heavy atom. The van der Waals surface area contributed by atoms with E-state index in [0.29, 0.717) is 30.6 Å². The maximum atomic E-state index is 12.4. The molecule has 0 aromatic heterocycles. The summed E-state index contributed by atoms with van der Waals surface area (Å²) in [5, 5.41) is 2.92. The van der Waals surface area contributed by atoms with E-state index in [1.165, 1.54) is 0 Å². The molecule has 0 aliphatic carbocycles. The summed E-state index contributed by atoms with van der Waals surface area (Å²) < 4.78 is 16.4. The first-order valence-electron chi connectivity index (χ1n) is 7.70. The monoisotopic (exact) mass is 306 g/mol. The van der Waals surface area contributed by atoms with Gasteiger partial charge in [-0.05, 0) is 25.0 Å². The third kappa shape index (κ3) is 3.34. The number of hydrogen-bond donors (Lipinski definition) is 1. The largest absolute Gasteiger partial charge is 0.495 e. The Bertz CT molecular complexity index is 509. The molecular formula is C16H22N2O4. The first-order valence-corrected chi connectivity index (χ1v) is 7.70. The van der Waals surface area contributed by atoms with Crippen LogP contribution in [0.3, 0.4) is 0 Å². The van der Waals surface area contributed by atoms with Gasteiger partial charge in [0.2, 0.25) is 0 Å². The molecule has 6 nitrogen and oxygen atoms in total. The van der Waals surface area contributed by atoms with Crippen molar-refractivity contribution in [1.29, 1.82) is 0 Å². The van der Waals surface area contributed by atoms with Gasteiger partial charge in [-0.3, -0.25) is 0 Å². The van der Waals surface area contributed by atoms with Crippen LogP contribution in [0.15, 0.2) is 24.3 Å². The number of anilines is 1. The van der Waals surface area contributed by atoms with E-state index in [1.54, 1.807) is 7.11 Å². The number of urea groups is 1. The number of rotatable bonds is 3. The van der Waals surface area contributed by atoms with Crippen LogP contribution in [0, 0.1) is 5.92 Å². The van der Waals surface area contributed by atoms with Gasteiger partial charge in [0.05, 0.1) is 26.0 Å². The van der Waals surface area contributed by atoms with E-state index in [2.05, 4.69) is 5.32 Å². The summed E-state index contributed by atoms with van der Waals surface area (Å²) in [6.07, 6.45) is 1.73. The minimum absolute atomic E-state index is 0.0839. The molecule has 2 saturated heterocycles. The molecule has 0 unspecified atom stereocenters. The average Bonchev–Trinajstić information content (AvgIpc) is 3.10. The van der Waals surface area contributed by atoms with E-state index in [0.717, 1.165) is 25.9 Å². The van der Waals surface area contributed by atoms with Crippen LogP contribution in [0.25, 0.3) is 0 Å². The van der Waals surface area contributed by atoms with Crippen LogP contribution in [0.4, 0.5) is 10.5 Å².